The molecule has 0 bridgehead atoms. The first kappa shape index (κ1) is 19.7. The summed E-state index contributed by atoms with van der Waals surface area (Å²) in [5, 5.41) is 2.99. The van der Waals surface area contributed by atoms with E-state index in [0.717, 1.165) is 11.3 Å². The predicted molar refractivity (Wildman–Crippen MR) is 106 cm³/mol. The van der Waals surface area contributed by atoms with Crippen LogP contribution in [0.5, 0.6) is 0 Å². The Morgan fingerprint density at radius 2 is 1.54 bits per heavy atom. The molecule has 2 amide bonds. The van der Waals surface area contributed by atoms with E-state index in [9.17, 15) is 9.59 Å². The highest BCUT2D eigenvalue weighted by Crippen LogP contribution is 2.20. The molecule has 0 radical (unpaired) electrons. The van der Waals surface area contributed by atoms with Crippen LogP contribution in [0, 0.1) is 0 Å². The summed E-state index contributed by atoms with van der Waals surface area (Å²) in [7, 11) is 0. The van der Waals surface area contributed by atoms with Crippen molar-refractivity contribution in [1.29, 1.82) is 0 Å². The highest BCUT2D eigenvalue weighted by atomic mass is 16.2. The maximum atomic E-state index is 12.3. The van der Waals surface area contributed by atoms with E-state index in [-0.39, 0.29) is 24.3 Å². The fraction of sp³-hybridized carbons (Fsp3) is 0.364. The Labute approximate surface area is 156 Å². The number of rotatable bonds is 7. The molecule has 0 saturated heterocycles. The van der Waals surface area contributed by atoms with Gasteiger partial charge in [-0.05, 0) is 36.1 Å². The van der Waals surface area contributed by atoms with Gasteiger partial charge in [0.25, 0.3) is 0 Å². The van der Waals surface area contributed by atoms with Gasteiger partial charge < -0.3 is 10.2 Å². The van der Waals surface area contributed by atoms with E-state index in [4.69, 9.17) is 0 Å². The van der Waals surface area contributed by atoms with Gasteiger partial charge in [0.1, 0.15) is 0 Å². The molecule has 26 heavy (non-hydrogen) atoms. The van der Waals surface area contributed by atoms with E-state index < -0.39 is 0 Å². The van der Waals surface area contributed by atoms with E-state index >= 15 is 0 Å². The van der Waals surface area contributed by atoms with Crippen LogP contribution in [0.1, 0.15) is 57.2 Å². The minimum atomic E-state index is -0.0637. The van der Waals surface area contributed by atoms with Gasteiger partial charge in [-0.1, -0.05) is 56.3 Å². The summed E-state index contributed by atoms with van der Waals surface area (Å²) in [6.45, 7) is 8.12. The van der Waals surface area contributed by atoms with Crippen LogP contribution < -0.4 is 10.2 Å². The van der Waals surface area contributed by atoms with Crippen molar-refractivity contribution in [3.05, 3.63) is 65.7 Å². The molecule has 0 aliphatic rings. The first-order valence-electron chi connectivity index (χ1n) is 9.11. The van der Waals surface area contributed by atoms with Crippen LogP contribution in [0.2, 0.25) is 0 Å². The first-order valence-corrected chi connectivity index (χ1v) is 9.11. The number of nitrogens with zero attached hydrogens (tertiary/aromatic N) is 1. The Morgan fingerprint density at radius 1 is 0.923 bits per heavy atom. The van der Waals surface area contributed by atoms with Gasteiger partial charge in [-0.3, -0.25) is 9.59 Å². The fourth-order valence-electron chi connectivity index (χ4n) is 2.86. The number of anilines is 1. The Hall–Kier alpha value is -2.62. The van der Waals surface area contributed by atoms with Gasteiger partial charge in [-0.15, -0.1) is 0 Å². The Morgan fingerprint density at radius 3 is 2.08 bits per heavy atom. The van der Waals surface area contributed by atoms with Crippen molar-refractivity contribution in [2.45, 2.75) is 46.1 Å². The molecule has 0 heterocycles. The van der Waals surface area contributed by atoms with Crippen LogP contribution in [-0.2, 0) is 9.59 Å². The highest BCUT2D eigenvalue weighted by Gasteiger charge is 2.15. The molecule has 0 saturated carbocycles. The second-order valence-electron chi connectivity index (χ2n) is 6.87. The molecular weight excluding hydrogens is 324 g/mol. The molecule has 138 valence electrons. The van der Waals surface area contributed by atoms with E-state index in [1.54, 1.807) is 4.90 Å². The lowest BCUT2D eigenvalue weighted by molar-refractivity contribution is -0.121. The van der Waals surface area contributed by atoms with Crippen LogP contribution in [0.25, 0.3) is 0 Å². The molecular formula is C22H28N2O2. The highest BCUT2D eigenvalue weighted by molar-refractivity contribution is 5.92. The lowest BCUT2D eigenvalue weighted by atomic mass is 10.0. The SMILES string of the molecule is CC(=O)N(CCC(=O)NC(C)c1ccccc1)c1ccc(C(C)C)cc1. The Kier molecular flexibility index (Phi) is 6.96. The number of hydrogen-bond donors (Lipinski definition) is 1. The maximum Gasteiger partial charge on any atom is 0.223 e. The standard InChI is InChI=1S/C22H28N2O2/c1-16(2)19-10-12-21(13-11-19)24(18(4)25)15-14-22(26)23-17(3)20-8-6-5-7-9-20/h5-13,16-17H,14-15H2,1-4H3,(H,23,26). The lowest BCUT2D eigenvalue weighted by Crippen LogP contribution is -2.34. The number of benzene rings is 2. The molecule has 2 rings (SSSR count). The van der Waals surface area contributed by atoms with E-state index in [2.05, 4.69) is 19.2 Å². The maximum absolute atomic E-state index is 12.3. The summed E-state index contributed by atoms with van der Waals surface area (Å²) < 4.78 is 0. The van der Waals surface area contributed by atoms with Crippen molar-refractivity contribution in [3.8, 4) is 0 Å². The largest absolute Gasteiger partial charge is 0.350 e. The van der Waals surface area contributed by atoms with Crippen LogP contribution >= 0.6 is 0 Å². The average Bonchev–Trinajstić information content (AvgIpc) is 2.62. The van der Waals surface area contributed by atoms with E-state index in [1.807, 2.05) is 61.5 Å². The zero-order valence-corrected chi connectivity index (χ0v) is 16.0. The third kappa shape index (κ3) is 5.45. The third-order valence-electron chi connectivity index (χ3n) is 4.49. The second-order valence-corrected chi connectivity index (χ2v) is 6.87. The van der Waals surface area contributed by atoms with Crippen molar-refractivity contribution in [2.75, 3.05) is 11.4 Å². The number of carbonyl (C=O) groups excluding carboxylic acids is 2. The van der Waals surface area contributed by atoms with Crippen molar-refractivity contribution < 1.29 is 9.59 Å². The topological polar surface area (TPSA) is 49.4 Å². The zero-order valence-electron chi connectivity index (χ0n) is 16.0. The minimum absolute atomic E-state index is 0.0557. The Balaban J connectivity index is 1.95. The quantitative estimate of drug-likeness (QED) is 0.801. The minimum Gasteiger partial charge on any atom is -0.350 e. The zero-order chi connectivity index (χ0) is 19.1. The molecule has 0 aliphatic heterocycles. The fourth-order valence-corrected chi connectivity index (χ4v) is 2.86. The normalized spacial score (nSPS) is 11.9. The molecule has 0 spiro atoms. The number of carbonyl (C=O) groups is 2. The molecule has 0 aliphatic carbocycles. The lowest BCUT2D eigenvalue weighted by Gasteiger charge is -2.22. The molecule has 1 N–H and O–H groups in total. The summed E-state index contributed by atoms with van der Waals surface area (Å²) >= 11 is 0. The summed E-state index contributed by atoms with van der Waals surface area (Å²) in [5.74, 6) is 0.317. The van der Waals surface area contributed by atoms with Gasteiger partial charge in [0.2, 0.25) is 11.8 Å². The van der Waals surface area contributed by atoms with Crippen molar-refractivity contribution >= 4 is 17.5 Å². The first-order chi connectivity index (χ1) is 12.4. The molecule has 2 aromatic carbocycles. The van der Waals surface area contributed by atoms with Gasteiger partial charge in [0.05, 0.1) is 6.04 Å². The average molecular weight is 352 g/mol. The van der Waals surface area contributed by atoms with Crippen LogP contribution in [-0.4, -0.2) is 18.4 Å². The molecule has 1 unspecified atom stereocenters. The van der Waals surface area contributed by atoms with Crippen molar-refractivity contribution in [2.24, 2.45) is 0 Å². The van der Waals surface area contributed by atoms with Gasteiger partial charge >= 0.3 is 0 Å². The Bertz CT molecular complexity index is 724. The molecule has 4 heteroatoms. The molecule has 0 fully saturated rings. The van der Waals surface area contributed by atoms with Gasteiger partial charge in [0, 0.05) is 25.6 Å². The van der Waals surface area contributed by atoms with Crippen LogP contribution in [0.3, 0.4) is 0 Å². The molecule has 0 aromatic heterocycles. The van der Waals surface area contributed by atoms with Crippen molar-refractivity contribution in [3.63, 3.8) is 0 Å². The van der Waals surface area contributed by atoms with E-state index in [1.165, 1.54) is 12.5 Å². The molecule has 2 aromatic rings. The number of nitrogens with one attached hydrogen (secondary N) is 1. The molecule has 4 nitrogen and oxygen atoms in total. The van der Waals surface area contributed by atoms with Crippen LogP contribution in [0.15, 0.2) is 54.6 Å². The van der Waals surface area contributed by atoms with E-state index in [0.29, 0.717) is 12.5 Å². The number of hydrogen-bond acceptors (Lipinski definition) is 2. The smallest absolute Gasteiger partial charge is 0.223 e. The molecule has 1 atom stereocenters. The third-order valence-corrected chi connectivity index (χ3v) is 4.49. The van der Waals surface area contributed by atoms with Gasteiger partial charge in [0.15, 0.2) is 0 Å². The van der Waals surface area contributed by atoms with Crippen LogP contribution in [0.4, 0.5) is 5.69 Å². The predicted octanol–water partition coefficient (Wildman–Crippen LogP) is 4.43. The summed E-state index contributed by atoms with van der Waals surface area (Å²) in [4.78, 5) is 25.9. The van der Waals surface area contributed by atoms with Crippen molar-refractivity contribution in [1.82, 2.24) is 5.32 Å². The summed E-state index contributed by atoms with van der Waals surface area (Å²) in [5.41, 5.74) is 3.12. The monoisotopic (exact) mass is 352 g/mol. The second kappa shape index (κ2) is 9.18. The van der Waals surface area contributed by atoms with Gasteiger partial charge in [-0.2, -0.15) is 0 Å². The van der Waals surface area contributed by atoms with Gasteiger partial charge in [-0.25, -0.2) is 0 Å². The summed E-state index contributed by atoms with van der Waals surface area (Å²) in [6, 6.07) is 17.7. The number of amides is 2. The summed E-state index contributed by atoms with van der Waals surface area (Å²) in [6.07, 6.45) is 0.267.